The maximum absolute atomic E-state index is 13.7. The topological polar surface area (TPSA) is 44.1 Å². The Hall–Kier alpha value is -2.17. The maximum Gasteiger partial charge on any atom is 0.173 e. The minimum atomic E-state index is -0.567. The lowest BCUT2D eigenvalue weighted by Gasteiger charge is -2.09. The third-order valence-corrected chi connectivity index (χ3v) is 2.77. The second kappa shape index (κ2) is 4.60. The predicted molar refractivity (Wildman–Crippen MR) is 64.5 cm³/mol. The molecule has 1 aromatic carbocycles. The van der Waals surface area contributed by atoms with E-state index < -0.39 is 5.82 Å². The first kappa shape index (κ1) is 12.3. The standard InChI is InChI=1S/C13H13FN2O2/c1-8-12(9(2)16(3)15-8)18-13-10(7-17)5-4-6-11(13)14/h4-7H,1-3H3. The normalized spacial score (nSPS) is 10.4. The van der Waals surface area contributed by atoms with Crippen molar-refractivity contribution in [2.24, 2.45) is 7.05 Å². The van der Waals surface area contributed by atoms with E-state index in [1.165, 1.54) is 18.2 Å². The Morgan fingerprint density at radius 3 is 2.61 bits per heavy atom. The van der Waals surface area contributed by atoms with Crippen LogP contribution in [0.1, 0.15) is 21.7 Å². The number of benzene rings is 1. The number of aromatic nitrogens is 2. The highest BCUT2D eigenvalue weighted by molar-refractivity contribution is 5.79. The summed E-state index contributed by atoms with van der Waals surface area (Å²) in [5, 5.41) is 4.17. The molecule has 0 unspecified atom stereocenters. The summed E-state index contributed by atoms with van der Waals surface area (Å²) in [4.78, 5) is 10.9. The van der Waals surface area contributed by atoms with Gasteiger partial charge in [-0.05, 0) is 26.0 Å². The van der Waals surface area contributed by atoms with Crippen LogP contribution in [0.3, 0.4) is 0 Å². The number of aldehydes is 1. The first-order chi connectivity index (χ1) is 8.54. The molecule has 2 rings (SSSR count). The van der Waals surface area contributed by atoms with Gasteiger partial charge in [-0.15, -0.1) is 0 Å². The van der Waals surface area contributed by atoms with Crippen LogP contribution < -0.4 is 4.74 Å². The van der Waals surface area contributed by atoms with Crippen LogP contribution in [0.15, 0.2) is 18.2 Å². The lowest BCUT2D eigenvalue weighted by atomic mass is 10.2. The molecule has 0 bridgehead atoms. The Balaban J connectivity index is 2.49. The molecule has 0 aliphatic heterocycles. The molecule has 0 radical (unpaired) electrons. The maximum atomic E-state index is 13.7. The van der Waals surface area contributed by atoms with E-state index in [0.717, 1.165) is 5.69 Å². The molecule has 0 spiro atoms. The van der Waals surface area contributed by atoms with Gasteiger partial charge in [-0.2, -0.15) is 5.10 Å². The van der Waals surface area contributed by atoms with E-state index in [0.29, 0.717) is 17.7 Å². The zero-order valence-electron chi connectivity index (χ0n) is 10.4. The van der Waals surface area contributed by atoms with Gasteiger partial charge in [0.1, 0.15) is 5.69 Å². The van der Waals surface area contributed by atoms with Crippen LogP contribution >= 0.6 is 0 Å². The summed E-state index contributed by atoms with van der Waals surface area (Å²) in [6, 6.07) is 4.23. The summed E-state index contributed by atoms with van der Waals surface area (Å²) >= 11 is 0. The number of nitrogens with zero attached hydrogens (tertiary/aromatic N) is 2. The lowest BCUT2D eigenvalue weighted by Crippen LogP contribution is -1.96. The molecule has 94 valence electrons. The van der Waals surface area contributed by atoms with Crippen molar-refractivity contribution >= 4 is 6.29 Å². The molecule has 2 aromatic rings. The van der Waals surface area contributed by atoms with Crippen molar-refractivity contribution in [3.63, 3.8) is 0 Å². The summed E-state index contributed by atoms with van der Waals surface area (Å²) in [6.07, 6.45) is 0.569. The van der Waals surface area contributed by atoms with Crippen molar-refractivity contribution in [2.45, 2.75) is 13.8 Å². The van der Waals surface area contributed by atoms with Crippen molar-refractivity contribution in [3.05, 3.63) is 41.0 Å². The van der Waals surface area contributed by atoms with Gasteiger partial charge in [0.05, 0.1) is 11.3 Å². The Labute approximate surface area is 104 Å². The summed E-state index contributed by atoms with van der Waals surface area (Å²) in [5.74, 6) is -0.153. The van der Waals surface area contributed by atoms with E-state index in [9.17, 15) is 9.18 Å². The highest BCUT2D eigenvalue weighted by atomic mass is 19.1. The third kappa shape index (κ3) is 1.99. The molecule has 0 saturated carbocycles. The summed E-state index contributed by atoms with van der Waals surface area (Å²) < 4.78 is 20.9. The quantitative estimate of drug-likeness (QED) is 0.784. The van der Waals surface area contributed by atoms with Gasteiger partial charge in [-0.1, -0.05) is 6.07 Å². The fraction of sp³-hybridized carbons (Fsp3) is 0.231. The highest BCUT2D eigenvalue weighted by Gasteiger charge is 2.16. The Morgan fingerprint density at radius 1 is 1.33 bits per heavy atom. The molecule has 18 heavy (non-hydrogen) atoms. The molecule has 0 N–H and O–H groups in total. The Kier molecular flexibility index (Phi) is 3.14. The molecule has 0 amide bonds. The molecule has 0 atom stereocenters. The number of halogens is 1. The molecule has 0 aliphatic rings. The first-order valence-corrected chi connectivity index (χ1v) is 5.46. The van der Waals surface area contributed by atoms with Gasteiger partial charge >= 0.3 is 0 Å². The van der Waals surface area contributed by atoms with Crippen molar-refractivity contribution < 1.29 is 13.9 Å². The van der Waals surface area contributed by atoms with Gasteiger partial charge < -0.3 is 4.74 Å². The van der Waals surface area contributed by atoms with Crippen LogP contribution in [0, 0.1) is 19.7 Å². The van der Waals surface area contributed by atoms with Crippen LogP contribution in [0.4, 0.5) is 4.39 Å². The molecule has 1 aromatic heterocycles. The van der Waals surface area contributed by atoms with Crippen molar-refractivity contribution in [3.8, 4) is 11.5 Å². The predicted octanol–water partition coefficient (Wildman–Crippen LogP) is 2.78. The molecular formula is C13H13FN2O2. The minimum Gasteiger partial charge on any atom is -0.450 e. The molecule has 4 nitrogen and oxygen atoms in total. The summed E-state index contributed by atoms with van der Waals surface area (Å²) in [6.45, 7) is 3.58. The second-order valence-electron chi connectivity index (χ2n) is 4.00. The number of rotatable bonds is 3. The number of hydrogen-bond donors (Lipinski definition) is 0. The minimum absolute atomic E-state index is 0.0632. The number of para-hydroxylation sites is 1. The number of hydrogen-bond acceptors (Lipinski definition) is 3. The Bertz CT molecular complexity index is 605. The van der Waals surface area contributed by atoms with Crippen LogP contribution in [0.25, 0.3) is 0 Å². The molecular weight excluding hydrogens is 235 g/mol. The van der Waals surface area contributed by atoms with E-state index in [-0.39, 0.29) is 11.3 Å². The molecule has 1 heterocycles. The summed E-state index contributed by atoms with van der Waals surface area (Å²) in [7, 11) is 1.77. The van der Waals surface area contributed by atoms with Crippen molar-refractivity contribution in [1.29, 1.82) is 0 Å². The van der Waals surface area contributed by atoms with Gasteiger partial charge in [0.15, 0.2) is 23.6 Å². The first-order valence-electron chi connectivity index (χ1n) is 5.46. The van der Waals surface area contributed by atoms with Gasteiger partial charge in [-0.25, -0.2) is 4.39 Å². The van der Waals surface area contributed by atoms with Crippen LogP contribution in [-0.4, -0.2) is 16.1 Å². The average Bonchev–Trinajstić information content (AvgIpc) is 2.58. The largest absolute Gasteiger partial charge is 0.450 e. The van der Waals surface area contributed by atoms with Crippen LogP contribution in [0.5, 0.6) is 11.5 Å². The summed E-state index contributed by atoms with van der Waals surface area (Å²) in [5.41, 5.74) is 1.60. The van der Waals surface area contributed by atoms with Gasteiger partial charge in [0.25, 0.3) is 0 Å². The van der Waals surface area contributed by atoms with Crippen molar-refractivity contribution in [2.75, 3.05) is 0 Å². The molecule has 0 saturated heterocycles. The SMILES string of the molecule is Cc1nn(C)c(C)c1Oc1c(F)cccc1C=O. The van der Waals surface area contributed by atoms with E-state index in [1.807, 2.05) is 6.92 Å². The smallest absolute Gasteiger partial charge is 0.173 e. The van der Waals surface area contributed by atoms with E-state index in [4.69, 9.17) is 4.74 Å². The number of ether oxygens (including phenoxy) is 1. The van der Waals surface area contributed by atoms with Gasteiger partial charge in [-0.3, -0.25) is 9.48 Å². The third-order valence-electron chi connectivity index (χ3n) is 2.77. The van der Waals surface area contributed by atoms with Crippen LogP contribution in [0.2, 0.25) is 0 Å². The number of aryl methyl sites for hydroxylation is 2. The lowest BCUT2D eigenvalue weighted by molar-refractivity contribution is 0.112. The van der Waals surface area contributed by atoms with Gasteiger partial charge in [0, 0.05) is 7.05 Å². The van der Waals surface area contributed by atoms with Crippen LogP contribution in [-0.2, 0) is 7.05 Å². The monoisotopic (exact) mass is 248 g/mol. The average molecular weight is 248 g/mol. The van der Waals surface area contributed by atoms with E-state index >= 15 is 0 Å². The van der Waals surface area contributed by atoms with E-state index in [1.54, 1.807) is 18.7 Å². The second-order valence-corrected chi connectivity index (χ2v) is 4.00. The fourth-order valence-electron chi connectivity index (χ4n) is 1.73. The zero-order chi connectivity index (χ0) is 13.3. The Morgan fingerprint density at radius 2 is 2.06 bits per heavy atom. The van der Waals surface area contributed by atoms with E-state index in [2.05, 4.69) is 5.10 Å². The number of carbonyl (C=O) groups is 1. The number of carbonyl (C=O) groups excluding carboxylic acids is 1. The molecule has 0 aliphatic carbocycles. The molecule has 5 heteroatoms. The molecule has 0 fully saturated rings. The highest BCUT2D eigenvalue weighted by Crippen LogP contribution is 2.31. The zero-order valence-corrected chi connectivity index (χ0v) is 10.4. The van der Waals surface area contributed by atoms with Gasteiger partial charge in [0.2, 0.25) is 0 Å². The fourth-order valence-corrected chi connectivity index (χ4v) is 1.73. The van der Waals surface area contributed by atoms with Crippen molar-refractivity contribution in [1.82, 2.24) is 9.78 Å².